The number of aromatic nitrogens is 1. The summed E-state index contributed by atoms with van der Waals surface area (Å²) in [5, 5.41) is 3.16. The van der Waals surface area contributed by atoms with Crippen LogP contribution in [-0.4, -0.2) is 19.1 Å². The molecule has 0 aliphatic carbocycles. The van der Waals surface area contributed by atoms with Crippen molar-refractivity contribution in [2.75, 3.05) is 14.2 Å². The van der Waals surface area contributed by atoms with Crippen molar-refractivity contribution >= 4 is 0 Å². The molecule has 0 aliphatic rings. The number of nitrogens with one attached hydrogen (secondary N) is 1. The van der Waals surface area contributed by atoms with Gasteiger partial charge in [-0.2, -0.15) is 0 Å². The van der Waals surface area contributed by atoms with E-state index in [9.17, 15) is 0 Å². The predicted octanol–water partition coefficient (Wildman–Crippen LogP) is 3.36. The highest BCUT2D eigenvalue weighted by Gasteiger charge is 2.11. The van der Waals surface area contributed by atoms with Gasteiger partial charge in [0.1, 0.15) is 5.75 Å². The zero-order valence-corrected chi connectivity index (χ0v) is 13.1. The van der Waals surface area contributed by atoms with Gasteiger partial charge in [0.05, 0.1) is 6.61 Å². The minimum atomic E-state index is 0.570. The second-order valence-electron chi connectivity index (χ2n) is 5.08. The first-order valence-electron chi connectivity index (χ1n) is 7.01. The highest BCUT2D eigenvalue weighted by molar-refractivity contribution is 5.39. The number of ether oxygens (including phenoxy) is 2. The van der Waals surface area contributed by atoms with Gasteiger partial charge >= 0.3 is 0 Å². The Labute approximate surface area is 126 Å². The summed E-state index contributed by atoms with van der Waals surface area (Å²) in [5.41, 5.74) is 4.30. The molecular formula is C17H22N2O2. The number of aryl methyl sites for hydroxylation is 2. The van der Waals surface area contributed by atoms with Gasteiger partial charge in [-0.05, 0) is 50.2 Å². The number of rotatable bonds is 6. The third-order valence-corrected chi connectivity index (χ3v) is 3.21. The van der Waals surface area contributed by atoms with Gasteiger partial charge in [0.15, 0.2) is 0 Å². The molecule has 0 radical (unpaired) electrons. The average Bonchev–Trinajstić information content (AvgIpc) is 2.43. The molecule has 1 heterocycles. The van der Waals surface area contributed by atoms with Crippen LogP contribution in [0.5, 0.6) is 11.6 Å². The lowest BCUT2D eigenvalue weighted by Gasteiger charge is -2.14. The van der Waals surface area contributed by atoms with Gasteiger partial charge in [-0.15, -0.1) is 0 Å². The van der Waals surface area contributed by atoms with E-state index in [1.807, 2.05) is 38.2 Å². The Morgan fingerprint density at radius 2 is 2.00 bits per heavy atom. The van der Waals surface area contributed by atoms with Crippen molar-refractivity contribution in [2.45, 2.75) is 27.0 Å². The average molecular weight is 286 g/mol. The summed E-state index contributed by atoms with van der Waals surface area (Å²) in [6, 6.07) is 9.96. The molecule has 2 aromatic rings. The summed E-state index contributed by atoms with van der Waals surface area (Å²) < 4.78 is 11.2. The molecule has 1 aromatic heterocycles. The van der Waals surface area contributed by atoms with E-state index in [0.29, 0.717) is 12.5 Å². The Morgan fingerprint density at radius 3 is 2.71 bits per heavy atom. The summed E-state index contributed by atoms with van der Waals surface area (Å²) in [6.45, 7) is 5.35. The molecule has 21 heavy (non-hydrogen) atoms. The van der Waals surface area contributed by atoms with Gasteiger partial charge in [0.2, 0.25) is 5.88 Å². The van der Waals surface area contributed by atoms with Crippen LogP contribution in [0.25, 0.3) is 0 Å². The summed E-state index contributed by atoms with van der Waals surface area (Å²) in [4.78, 5) is 4.53. The fraction of sp³-hybridized carbons (Fsp3) is 0.353. The zero-order chi connectivity index (χ0) is 15.2. The Hall–Kier alpha value is -1.91. The van der Waals surface area contributed by atoms with E-state index in [4.69, 9.17) is 9.47 Å². The third-order valence-electron chi connectivity index (χ3n) is 3.21. The number of nitrogens with zero attached hydrogens (tertiary/aromatic N) is 1. The summed E-state index contributed by atoms with van der Waals surface area (Å²) in [7, 11) is 3.60. The maximum atomic E-state index is 6.00. The lowest BCUT2D eigenvalue weighted by molar-refractivity contribution is 0.184. The van der Waals surface area contributed by atoms with E-state index in [2.05, 4.69) is 23.3 Å². The van der Waals surface area contributed by atoms with E-state index in [1.54, 1.807) is 7.11 Å². The van der Waals surface area contributed by atoms with Gasteiger partial charge in [-0.25, -0.2) is 4.98 Å². The molecule has 0 unspecified atom stereocenters. The largest absolute Gasteiger partial charge is 0.439 e. The normalized spacial score (nSPS) is 10.7. The SMILES string of the molecule is CNCc1c(C)cc(C)nc1Oc1cccc(COC)c1. The van der Waals surface area contributed by atoms with E-state index in [0.717, 1.165) is 29.1 Å². The van der Waals surface area contributed by atoms with Crippen LogP contribution in [0.3, 0.4) is 0 Å². The van der Waals surface area contributed by atoms with E-state index in [1.165, 1.54) is 5.56 Å². The van der Waals surface area contributed by atoms with Crippen molar-refractivity contribution in [3.63, 3.8) is 0 Å². The van der Waals surface area contributed by atoms with Crippen LogP contribution in [0.4, 0.5) is 0 Å². The Kier molecular flexibility index (Phi) is 5.31. The minimum absolute atomic E-state index is 0.570. The number of pyridine rings is 1. The first kappa shape index (κ1) is 15.5. The van der Waals surface area contributed by atoms with Crippen LogP contribution in [0.1, 0.15) is 22.4 Å². The minimum Gasteiger partial charge on any atom is -0.439 e. The first-order valence-corrected chi connectivity index (χ1v) is 7.01. The van der Waals surface area contributed by atoms with Crippen LogP contribution < -0.4 is 10.1 Å². The molecule has 0 aliphatic heterocycles. The summed E-state index contributed by atoms with van der Waals surface area (Å²) in [6.07, 6.45) is 0. The van der Waals surface area contributed by atoms with E-state index >= 15 is 0 Å². The topological polar surface area (TPSA) is 43.4 Å². The lowest BCUT2D eigenvalue weighted by atomic mass is 10.1. The molecular weight excluding hydrogens is 264 g/mol. The number of hydrogen-bond donors (Lipinski definition) is 1. The monoisotopic (exact) mass is 286 g/mol. The standard InChI is InChI=1S/C17H22N2O2/c1-12-8-13(2)19-17(16(12)10-18-3)21-15-7-5-6-14(9-15)11-20-4/h5-9,18H,10-11H2,1-4H3. The molecule has 2 rings (SSSR count). The van der Waals surface area contributed by atoms with Crippen molar-refractivity contribution in [3.8, 4) is 11.6 Å². The highest BCUT2D eigenvalue weighted by atomic mass is 16.5. The van der Waals surface area contributed by atoms with Crippen molar-refractivity contribution in [2.24, 2.45) is 0 Å². The molecule has 1 aromatic carbocycles. The quantitative estimate of drug-likeness (QED) is 0.884. The maximum absolute atomic E-state index is 6.00. The molecule has 0 bridgehead atoms. The molecule has 0 atom stereocenters. The van der Waals surface area contributed by atoms with Crippen molar-refractivity contribution in [3.05, 3.63) is 52.7 Å². The van der Waals surface area contributed by atoms with Crippen LogP contribution in [0.15, 0.2) is 30.3 Å². The molecule has 0 fully saturated rings. The Balaban J connectivity index is 2.32. The smallest absolute Gasteiger partial charge is 0.224 e. The second-order valence-corrected chi connectivity index (χ2v) is 5.08. The van der Waals surface area contributed by atoms with Gasteiger partial charge in [-0.1, -0.05) is 12.1 Å². The van der Waals surface area contributed by atoms with E-state index in [-0.39, 0.29) is 0 Å². The van der Waals surface area contributed by atoms with Crippen LogP contribution in [0, 0.1) is 13.8 Å². The first-order chi connectivity index (χ1) is 10.1. The molecule has 1 N–H and O–H groups in total. The fourth-order valence-electron chi connectivity index (χ4n) is 2.28. The van der Waals surface area contributed by atoms with Gasteiger partial charge in [0, 0.05) is 24.9 Å². The Bertz CT molecular complexity index is 612. The lowest BCUT2D eigenvalue weighted by Crippen LogP contribution is -2.09. The number of hydrogen-bond acceptors (Lipinski definition) is 4. The van der Waals surface area contributed by atoms with Crippen LogP contribution in [-0.2, 0) is 17.9 Å². The summed E-state index contributed by atoms with van der Waals surface area (Å²) >= 11 is 0. The third kappa shape index (κ3) is 4.03. The predicted molar refractivity (Wildman–Crippen MR) is 83.7 cm³/mol. The maximum Gasteiger partial charge on any atom is 0.224 e. The molecule has 0 amide bonds. The van der Waals surface area contributed by atoms with Crippen molar-refractivity contribution < 1.29 is 9.47 Å². The molecule has 0 spiro atoms. The number of benzene rings is 1. The number of methoxy groups -OCH3 is 1. The van der Waals surface area contributed by atoms with Gasteiger partial charge in [0.25, 0.3) is 0 Å². The van der Waals surface area contributed by atoms with E-state index < -0.39 is 0 Å². The summed E-state index contributed by atoms with van der Waals surface area (Å²) in [5.74, 6) is 1.44. The van der Waals surface area contributed by atoms with Crippen molar-refractivity contribution in [1.29, 1.82) is 0 Å². The van der Waals surface area contributed by atoms with Gasteiger partial charge in [-0.3, -0.25) is 0 Å². The Morgan fingerprint density at radius 1 is 1.19 bits per heavy atom. The van der Waals surface area contributed by atoms with Crippen LogP contribution in [0.2, 0.25) is 0 Å². The molecule has 112 valence electrons. The molecule has 0 saturated heterocycles. The molecule has 4 heteroatoms. The molecule has 4 nitrogen and oxygen atoms in total. The second kappa shape index (κ2) is 7.20. The fourth-order valence-corrected chi connectivity index (χ4v) is 2.28. The van der Waals surface area contributed by atoms with Crippen molar-refractivity contribution in [1.82, 2.24) is 10.3 Å². The van der Waals surface area contributed by atoms with Gasteiger partial charge < -0.3 is 14.8 Å². The van der Waals surface area contributed by atoms with Crippen LogP contribution >= 0.6 is 0 Å². The highest BCUT2D eigenvalue weighted by Crippen LogP contribution is 2.27. The zero-order valence-electron chi connectivity index (χ0n) is 13.1. The molecule has 0 saturated carbocycles.